The van der Waals surface area contributed by atoms with E-state index in [1.807, 2.05) is 24.3 Å². The topological polar surface area (TPSA) is 61.7 Å². The molecule has 0 aliphatic carbocycles. The zero-order valence-electron chi connectivity index (χ0n) is 33.7. The number of nitrogens with zero attached hydrogens (tertiary/aromatic N) is 5. The van der Waals surface area contributed by atoms with Crippen molar-refractivity contribution in [3.8, 4) is 34.4 Å². The van der Waals surface area contributed by atoms with Gasteiger partial charge >= 0.3 is 0 Å². The predicted molar refractivity (Wildman–Crippen MR) is 259 cm³/mol. The van der Waals surface area contributed by atoms with Crippen molar-refractivity contribution in [1.82, 2.24) is 24.1 Å². The Morgan fingerprint density at radius 1 is 0.349 bits per heavy atom. The average Bonchev–Trinajstić information content (AvgIpc) is 4.01. The van der Waals surface area contributed by atoms with Crippen LogP contribution in [-0.4, -0.2) is 24.1 Å². The first-order valence-corrected chi connectivity index (χ1v) is 21.3. The molecular weight excluding hydrogens is 771 g/mol. The fourth-order valence-corrected chi connectivity index (χ4v) is 10.2. The molecule has 4 heterocycles. The quantitative estimate of drug-likeness (QED) is 0.178. The van der Waals surface area contributed by atoms with Crippen LogP contribution in [0.15, 0.2) is 205 Å². The van der Waals surface area contributed by atoms with Crippen LogP contribution in [0.4, 0.5) is 0 Å². The van der Waals surface area contributed by atoms with E-state index < -0.39 is 0 Å². The molecule has 63 heavy (non-hydrogen) atoms. The number of para-hydroxylation sites is 2. The van der Waals surface area contributed by atoms with Gasteiger partial charge < -0.3 is 8.98 Å². The highest BCUT2D eigenvalue weighted by atomic mass is 16.3. The Kier molecular flexibility index (Phi) is 7.02. The van der Waals surface area contributed by atoms with E-state index in [1.165, 1.54) is 37.8 Å². The van der Waals surface area contributed by atoms with E-state index >= 15 is 0 Å². The maximum absolute atomic E-state index is 6.99. The van der Waals surface area contributed by atoms with Crippen molar-refractivity contribution < 1.29 is 4.42 Å². The minimum Gasteiger partial charge on any atom is -0.456 e. The lowest BCUT2D eigenvalue weighted by molar-refractivity contribution is 0.669. The van der Waals surface area contributed by atoms with Gasteiger partial charge in [0.1, 0.15) is 11.2 Å². The monoisotopic (exact) mass is 803 g/mol. The van der Waals surface area contributed by atoms with Gasteiger partial charge in [0.25, 0.3) is 0 Å². The third-order valence-electron chi connectivity index (χ3n) is 12.9. The molecule has 0 saturated heterocycles. The first kappa shape index (κ1) is 34.1. The van der Waals surface area contributed by atoms with Gasteiger partial charge in [0, 0.05) is 60.3 Å². The van der Waals surface area contributed by atoms with Crippen LogP contribution in [0.3, 0.4) is 0 Å². The molecule has 6 heteroatoms. The predicted octanol–water partition coefficient (Wildman–Crippen LogP) is 14.8. The molecule has 14 rings (SSSR count). The van der Waals surface area contributed by atoms with Crippen LogP contribution in [0.5, 0.6) is 0 Å². The van der Waals surface area contributed by atoms with Crippen LogP contribution in [0.2, 0.25) is 0 Å². The Balaban J connectivity index is 1.08. The highest BCUT2D eigenvalue weighted by molar-refractivity contribution is 6.26. The van der Waals surface area contributed by atoms with Crippen LogP contribution >= 0.6 is 0 Å². The normalized spacial score (nSPS) is 12.1. The van der Waals surface area contributed by atoms with Crippen LogP contribution < -0.4 is 0 Å². The van der Waals surface area contributed by atoms with Gasteiger partial charge in [-0.05, 0) is 51.9 Å². The summed E-state index contributed by atoms with van der Waals surface area (Å²) in [7, 11) is 0. The molecule has 0 fully saturated rings. The SMILES string of the molecule is c1ccc(-c2nc(-c3cccc4oc5cc(-n6c7cc8ccccc8cc7c7ccc8ccccc8c76)c6ccccc6c5c34)nc(-n3c4ccccc4c4ccccc43)n2)cc1. The number of hydrogen-bond acceptors (Lipinski definition) is 4. The summed E-state index contributed by atoms with van der Waals surface area (Å²) in [4.78, 5) is 15.8. The van der Waals surface area contributed by atoms with E-state index in [4.69, 9.17) is 19.4 Å². The van der Waals surface area contributed by atoms with Crippen molar-refractivity contribution >= 4 is 97.9 Å². The molecule has 0 unspecified atom stereocenters. The molecule has 0 aliphatic heterocycles. The van der Waals surface area contributed by atoms with Crippen molar-refractivity contribution in [2.24, 2.45) is 0 Å². The summed E-state index contributed by atoms with van der Waals surface area (Å²) in [5, 5.41) is 13.7. The van der Waals surface area contributed by atoms with Crippen molar-refractivity contribution in [3.05, 3.63) is 200 Å². The molecule has 4 aromatic heterocycles. The number of furan rings is 1. The Hall–Kier alpha value is -8.61. The van der Waals surface area contributed by atoms with Crippen LogP contribution in [0.25, 0.3) is 132 Å². The van der Waals surface area contributed by atoms with E-state index in [1.54, 1.807) is 0 Å². The summed E-state index contributed by atoms with van der Waals surface area (Å²) in [5.41, 5.74) is 8.80. The number of aromatic nitrogens is 5. The summed E-state index contributed by atoms with van der Waals surface area (Å²) in [5.74, 6) is 1.72. The van der Waals surface area contributed by atoms with Gasteiger partial charge in [0.2, 0.25) is 5.95 Å². The lowest BCUT2D eigenvalue weighted by Crippen LogP contribution is -2.06. The van der Waals surface area contributed by atoms with Gasteiger partial charge in [-0.25, -0.2) is 4.98 Å². The number of fused-ring (bicyclic) bond motifs is 14. The second kappa shape index (κ2) is 12.9. The molecule has 6 nitrogen and oxygen atoms in total. The van der Waals surface area contributed by atoms with Gasteiger partial charge in [-0.15, -0.1) is 0 Å². The van der Waals surface area contributed by atoms with Crippen LogP contribution in [0.1, 0.15) is 0 Å². The fourth-order valence-electron chi connectivity index (χ4n) is 10.2. The van der Waals surface area contributed by atoms with Crippen LogP contribution in [0, 0.1) is 0 Å². The summed E-state index contributed by atoms with van der Waals surface area (Å²) in [6.45, 7) is 0. The van der Waals surface area contributed by atoms with E-state index in [0.717, 1.165) is 76.8 Å². The lowest BCUT2D eigenvalue weighted by Gasteiger charge is -2.14. The van der Waals surface area contributed by atoms with E-state index in [2.05, 4.69) is 185 Å². The fraction of sp³-hybridized carbons (Fsp3) is 0. The second-order valence-electron chi connectivity index (χ2n) is 16.3. The number of rotatable bonds is 4. The molecule has 0 aliphatic rings. The van der Waals surface area contributed by atoms with Crippen molar-refractivity contribution in [3.63, 3.8) is 0 Å². The first-order valence-electron chi connectivity index (χ1n) is 21.3. The molecule has 292 valence electrons. The summed E-state index contributed by atoms with van der Waals surface area (Å²) < 4.78 is 11.6. The first-order chi connectivity index (χ1) is 31.2. The smallest absolute Gasteiger partial charge is 0.238 e. The maximum atomic E-state index is 6.99. The van der Waals surface area contributed by atoms with Gasteiger partial charge in [0.05, 0.1) is 27.8 Å². The minimum atomic E-state index is 0.555. The molecule has 0 N–H and O–H groups in total. The summed E-state index contributed by atoms with van der Waals surface area (Å²) in [6.07, 6.45) is 0. The van der Waals surface area contributed by atoms with Gasteiger partial charge in [-0.1, -0.05) is 164 Å². The average molecular weight is 804 g/mol. The van der Waals surface area contributed by atoms with Crippen molar-refractivity contribution in [2.45, 2.75) is 0 Å². The van der Waals surface area contributed by atoms with Crippen LogP contribution in [-0.2, 0) is 0 Å². The molecular formula is C57H33N5O. The van der Waals surface area contributed by atoms with E-state index in [0.29, 0.717) is 17.6 Å². The Morgan fingerprint density at radius 3 is 1.76 bits per heavy atom. The van der Waals surface area contributed by atoms with Crippen molar-refractivity contribution in [2.75, 3.05) is 0 Å². The summed E-state index contributed by atoms with van der Waals surface area (Å²) >= 11 is 0. The largest absolute Gasteiger partial charge is 0.456 e. The highest BCUT2D eigenvalue weighted by Crippen LogP contribution is 2.45. The van der Waals surface area contributed by atoms with Gasteiger partial charge in [0.15, 0.2) is 11.6 Å². The van der Waals surface area contributed by atoms with Gasteiger partial charge in [-0.3, -0.25) is 4.57 Å². The Bertz CT molecular complexity index is 4160. The summed E-state index contributed by atoms with van der Waals surface area (Å²) in [6, 6.07) is 70.8. The van der Waals surface area contributed by atoms with Gasteiger partial charge in [-0.2, -0.15) is 9.97 Å². The minimum absolute atomic E-state index is 0.555. The molecule has 0 radical (unpaired) electrons. The Morgan fingerprint density at radius 2 is 0.984 bits per heavy atom. The third-order valence-corrected chi connectivity index (χ3v) is 12.9. The molecule has 0 saturated carbocycles. The number of benzene rings is 10. The standard InChI is InChI=1S/C57H33N5O/c1-2-16-35(17-3-1)55-58-56(60-57(59-55)62-46-26-12-10-21-39(46)40-22-11-13-27-47(40)62)44-25-14-28-50-53(44)52-42-24-9-8-23-41(42)49(33-51(52)63-50)61-48-32-37-19-5-4-18-36(37)31-45(48)43-30-29-34-15-6-7-20-38(34)54(43)61/h1-33H. The zero-order chi connectivity index (χ0) is 41.2. The molecule has 10 aromatic carbocycles. The maximum Gasteiger partial charge on any atom is 0.238 e. The highest BCUT2D eigenvalue weighted by Gasteiger charge is 2.24. The molecule has 0 amide bonds. The second-order valence-corrected chi connectivity index (χ2v) is 16.3. The molecule has 0 atom stereocenters. The molecule has 14 aromatic rings. The number of hydrogen-bond donors (Lipinski definition) is 0. The van der Waals surface area contributed by atoms with E-state index in [-0.39, 0.29) is 0 Å². The molecule has 0 spiro atoms. The molecule has 0 bridgehead atoms. The third kappa shape index (κ3) is 4.91. The lowest BCUT2D eigenvalue weighted by atomic mass is 9.99. The Labute approximate surface area is 359 Å². The zero-order valence-corrected chi connectivity index (χ0v) is 33.7. The van der Waals surface area contributed by atoms with Crippen molar-refractivity contribution in [1.29, 1.82) is 0 Å². The van der Waals surface area contributed by atoms with E-state index in [9.17, 15) is 0 Å².